The van der Waals surface area contributed by atoms with E-state index < -0.39 is 0 Å². The lowest BCUT2D eigenvalue weighted by atomic mass is 10.0. The topological polar surface area (TPSA) is 41.1 Å². The first-order chi connectivity index (χ1) is 10.1. The van der Waals surface area contributed by atoms with E-state index in [4.69, 9.17) is 12.2 Å². The zero-order valence-corrected chi connectivity index (χ0v) is 12.6. The number of carbonyl (C=O) groups excluding carboxylic acids is 1. The van der Waals surface area contributed by atoms with Gasteiger partial charge in [-0.15, -0.1) is 0 Å². The van der Waals surface area contributed by atoms with Gasteiger partial charge >= 0.3 is 0 Å². The summed E-state index contributed by atoms with van der Waals surface area (Å²) in [6, 6.07) is 6.51. The van der Waals surface area contributed by atoms with Crippen LogP contribution in [0.5, 0.6) is 0 Å². The highest BCUT2D eigenvalue weighted by Gasteiger charge is 2.31. The van der Waals surface area contributed by atoms with Crippen molar-refractivity contribution in [2.75, 3.05) is 0 Å². The zero-order valence-electron chi connectivity index (χ0n) is 11.8. The van der Waals surface area contributed by atoms with E-state index in [0.717, 1.165) is 24.8 Å². The second-order valence-electron chi connectivity index (χ2n) is 6.02. The highest BCUT2D eigenvalue weighted by atomic mass is 32.1. The molecule has 2 aliphatic carbocycles. The molecule has 1 unspecified atom stereocenters. The van der Waals surface area contributed by atoms with E-state index in [1.165, 1.54) is 25.0 Å². The third kappa shape index (κ3) is 4.24. The summed E-state index contributed by atoms with van der Waals surface area (Å²) in [5, 5.41) is 6.35. The summed E-state index contributed by atoms with van der Waals surface area (Å²) in [5.41, 5.74) is 1.01. The maximum atomic E-state index is 13.1. The van der Waals surface area contributed by atoms with E-state index in [2.05, 4.69) is 10.6 Å². The molecule has 1 aromatic rings. The van der Waals surface area contributed by atoms with E-state index in [-0.39, 0.29) is 23.7 Å². The summed E-state index contributed by atoms with van der Waals surface area (Å²) in [4.78, 5) is 11.7. The fourth-order valence-corrected chi connectivity index (χ4v) is 2.66. The van der Waals surface area contributed by atoms with Crippen LogP contribution in [0.4, 0.5) is 4.39 Å². The minimum atomic E-state index is -0.242. The van der Waals surface area contributed by atoms with Crippen LogP contribution in [-0.2, 0) is 4.79 Å². The molecule has 21 heavy (non-hydrogen) atoms. The van der Waals surface area contributed by atoms with Crippen molar-refractivity contribution in [3.8, 4) is 0 Å². The van der Waals surface area contributed by atoms with Crippen LogP contribution < -0.4 is 10.6 Å². The molecule has 3 nitrogen and oxygen atoms in total. The average Bonchev–Trinajstić information content (AvgIpc) is 3.32. The number of benzene rings is 1. The molecule has 3 rings (SSSR count). The van der Waals surface area contributed by atoms with Crippen molar-refractivity contribution in [2.24, 2.45) is 11.8 Å². The van der Waals surface area contributed by atoms with Crippen LogP contribution in [0, 0.1) is 17.7 Å². The van der Waals surface area contributed by atoms with Crippen molar-refractivity contribution in [3.63, 3.8) is 0 Å². The number of hydrogen-bond donors (Lipinski definition) is 2. The molecule has 0 aliphatic heterocycles. The van der Waals surface area contributed by atoms with Crippen LogP contribution in [0.25, 0.3) is 0 Å². The van der Waals surface area contributed by atoms with Gasteiger partial charge in [-0.25, -0.2) is 4.39 Å². The Hall–Kier alpha value is -1.49. The third-order valence-corrected chi connectivity index (χ3v) is 4.25. The molecule has 0 saturated heterocycles. The Bertz CT molecular complexity index is 538. The maximum Gasteiger partial charge on any atom is 0.229 e. The number of amides is 1. The van der Waals surface area contributed by atoms with E-state index in [0.29, 0.717) is 11.0 Å². The molecule has 2 N–H and O–H groups in total. The van der Waals surface area contributed by atoms with E-state index in [9.17, 15) is 9.18 Å². The molecule has 1 atom stereocenters. The van der Waals surface area contributed by atoms with Gasteiger partial charge in [0.05, 0.1) is 6.04 Å². The van der Waals surface area contributed by atoms with Crippen molar-refractivity contribution < 1.29 is 9.18 Å². The van der Waals surface area contributed by atoms with Crippen LogP contribution in [-0.4, -0.2) is 11.0 Å². The number of hydrogen-bond acceptors (Lipinski definition) is 2. The van der Waals surface area contributed by atoms with Gasteiger partial charge in [-0.2, -0.15) is 0 Å². The van der Waals surface area contributed by atoms with Gasteiger partial charge in [-0.1, -0.05) is 25.0 Å². The summed E-state index contributed by atoms with van der Waals surface area (Å²) in [6.07, 6.45) is 5.35. The maximum absolute atomic E-state index is 13.1. The minimum Gasteiger partial charge on any atom is -0.356 e. The van der Waals surface area contributed by atoms with Crippen LogP contribution in [0.2, 0.25) is 0 Å². The van der Waals surface area contributed by atoms with Gasteiger partial charge < -0.3 is 10.6 Å². The Morgan fingerprint density at radius 1 is 1.24 bits per heavy atom. The quantitative estimate of drug-likeness (QED) is 0.822. The smallest absolute Gasteiger partial charge is 0.229 e. The number of halogens is 1. The highest BCUT2D eigenvalue weighted by Crippen LogP contribution is 2.37. The van der Waals surface area contributed by atoms with Crippen LogP contribution in [0.1, 0.15) is 43.7 Å². The van der Waals surface area contributed by atoms with Gasteiger partial charge in [-0.3, -0.25) is 4.79 Å². The third-order valence-electron chi connectivity index (χ3n) is 4.03. The highest BCUT2D eigenvalue weighted by molar-refractivity contribution is 7.80. The molecule has 2 fully saturated rings. The first-order valence-electron chi connectivity index (χ1n) is 7.48. The summed E-state index contributed by atoms with van der Waals surface area (Å²) >= 11 is 5.24. The fourth-order valence-electron chi connectivity index (χ4n) is 2.41. The van der Waals surface area contributed by atoms with Crippen LogP contribution >= 0.6 is 12.2 Å². The Balaban J connectivity index is 1.62. The molecular weight excluding hydrogens is 287 g/mol. The Labute approximate surface area is 129 Å². The second kappa shape index (κ2) is 6.10. The van der Waals surface area contributed by atoms with Gasteiger partial charge in [0.15, 0.2) is 5.11 Å². The molecule has 0 bridgehead atoms. The summed E-state index contributed by atoms with van der Waals surface area (Å²) in [5.74, 6) is 0.609. The summed E-state index contributed by atoms with van der Waals surface area (Å²) < 4.78 is 13.1. The molecule has 1 amide bonds. The van der Waals surface area contributed by atoms with Crippen LogP contribution in [0.15, 0.2) is 24.3 Å². The molecular formula is C16H19FN2OS. The number of thiocarbonyl (C=S) groups is 1. The average molecular weight is 306 g/mol. The van der Waals surface area contributed by atoms with Gasteiger partial charge in [0.25, 0.3) is 0 Å². The van der Waals surface area contributed by atoms with E-state index >= 15 is 0 Å². The molecule has 0 spiro atoms. The SMILES string of the molecule is O=C(NC(=S)NC(CC1CC1)c1ccc(F)cc1)C1CC1. The molecule has 0 aromatic heterocycles. The second-order valence-corrected chi connectivity index (χ2v) is 6.43. The predicted molar refractivity (Wildman–Crippen MR) is 83.1 cm³/mol. The minimum absolute atomic E-state index is 0.0109. The Kier molecular flexibility index (Phi) is 4.19. The van der Waals surface area contributed by atoms with E-state index in [1.807, 2.05) is 0 Å². The number of rotatable bonds is 5. The largest absolute Gasteiger partial charge is 0.356 e. The van der Waals surface area contributed by atoms with Crippen LogP contribution in [0.3, 0.4) is 0 Å². The summed E-state index contributed by atoms with van der Waals surface area (Å²) in [6.45, 7) is 0. The molecule has 2 aliphatic rings. The normalized spacial score (nSPS) is 18.9. The molecule has 2 saturated carbocycles. The van der Waals surface area contributed by atoms with Crippen molar-refractivity contribution in [2.45, 2.75) is 38.1 Å². The number of nitrogens with one attached hydrogen (secondary N) is 2. The Morgan fingerprint density at radius 2 is 1.90 bits per heavy atom. The monoisotopic (exact) mass is 306 g/mol. The molecule has 0 heterocycles. The van der Waals surface area contributed by atoms with Crippen molar-refractivity contribution in [3.05, 3.63) is 35.6 Å². The Morgan fingerprint density at radius 3 is 2.48 bits per heavy atom. The lowest BCUT2D eigenvalue weighted by Gasteiger charge is -2.21. The first-order valence-corrected chi connectivity index (χ1v) is 7.89. The standard InChI is InChI=1S/C16H19FN2OS/c17-13-7-5-11(6-8-13)14(9-10-1-2-10)18-16(21)19-15(20)12-3-4-12/h5-8,10,12,14H,1-4,9H2,(H2,18,19,20,21). The lowest BCUT2D eigenvalue weighted by molar-refractivity contribution is -0.120. The van der Waals surface area contributed by atoms with Gasteiger partial charge in [0.2, 0.25) is 5.91 Å². The fraction of sp³-hybridized carbons (Fsp3) is 0.500. The number of carbonyl (C=O) groups is 1. The molecule has 1 aromatic carbocycles. The van der Waals surface area contributed by atoms with Gasteiger partial charge in [0, 0.05) is 5.92 Å². The predicted octanol–water partition coefficient (Wildman–Crippen LogP) is 3.07. The molecule has 112 valence electrons. The van der Waals surface area contributed by atoms with Crippen molar-refractivity contribution in [1.82, 2.24) is 10.6 Å². The van der Waals surface area contributed by atoms with Crippen molar-refractivity contribution in [1.29, 1.82) is 0 Å². The molecule has 5 heteroatoms. The lowest BCUT2D eigenvalue weighted by Crippen LogP contribution is -2.41. The van der Waals surface area contributed by atoms with Gasteiger partial charge in [-0.05, 0) is 55.1 Å². The zero-order chi connectivity index (χ0) is 14.8. The van der Waals surface area contributed by atoms with Gasteiger partial charge in [0.1, 0.15) is 5.82 Å². The van der Waals surface area contributed by atoms with E-state index in [1.54, 1.807) is 12.1 Å². The van der Waals surface area contributed by atoms with Crippen molar-refractivity contribution >= 4 is 23.2 Å². The molecule has 0 radical (unpaired) electrons. The first kappa shape index (κ1) is 14.4. The summed E-state index contributed by atoms with van der Waals surface area (Å²) in [7, 11) is 0.